The molecule has 0 bridgehead atoms. The molecule has 0 saturated carbocycles. The topological polar surface area (TPSA) is 99.5 Å². The quantitative estimate of drug-likeness (QED) is 0.520. The van der Waals surface area contributed by atoms with Crippen LogP contribution in [0.3, 0.4) is 0 Å². The van der Waals surface area contributed by atoms with E-state index in [1.54, 1.807) is 54.6 Å². The molecular weight excluding hydrogens is 426 g/mol. The van der Waals surface area contributed by atoms with E-state index in [-0.39, 0.29) is 23.8 Å². The SMILES string of the molecule is CCOc1ccc(N(CCC#N)C(=O)c2ccc(NS(=O)(=O)c3ccccc3)cc2)cc1. The second kappa shape index (κ2) is 10.5. The standard InChI is InChI=1S/C24H23N3O4S/c1-2-31-22-15-13-21(14-16-22)27(18-6-17-25)24(28)19-9-11-20(12-10-19)26-32(29,30)23-7-4-3-5-8-23/h3-5,7-16,26H,2,6,18H2,1H3. The van der Waals surface area contributed by atoms with Crippen LogP contribution in [0.2, 0.25) is 0 Å². The monoisotopic (exact) mass is 449 g/mol. The lowest BCUT2D eigenvalue weighted by atomic mass is 10.1. The fraction of sp³-hybridized carbons (Fsp3) is 0.167. The normalized spacial score (nSPS) is 10.8. The van der Waals surface area contributed by atoms with Crippen LogP contribution in [-0.4, -0.2) is 27.5 Å². The van der Waals surface area contributed by atoms with Crippen molar-refractivity contribution >= 4 is 27.3 Å². The van der Waals surface area contributed by atoms with Gasteiger partial charge in [-0.2, -0.15) is 5.26 Å². The summed E-state index contributed by atoms with van der Waals surface area (Å²) < 4.78 is 32.9. The van der Waals surface area contributed by atoms with Crippen LogP contribution in [0.15, 0.2) is 83.8 Å². The van der Waals surface area contributed by atoms with E-state index in [2.05, 4.69) is 10.8 Å². The van der Waals surface area contributed by atoms with Gasteiger partial charge in [-0.1, -0.05) is 18.2 Å². The molecule has 0 aromatic heterocycles. The van der Waals surface area contributed by atoms with Crippen molar-refractivity contribution in [3.63, 3.8) is 0 Å². The first-order valence-corrected chi connectivity index (χ1v) is 11.5. The fourth-order valence-electron chi connectivity index (χ4n) is 3.05. The molecule has 164 valence electrons. The predicted molar refractivity (Wildman–Crippen MR) is 123 cm³/mol. The van der Waals surface area contributed by atoms with Crippen molar-refractivity contribution in [2.75, 3.05) is 22.8 Å². The van der Waals surface area contributed by atoms with E-state index < -0.39 is 10.0 Å². The summed E-state index contributed by atoms with van der Waals surface area (Å²) in [5.74, 6) is 0.404. The molecule has 0 saturated heterocycles. The van der Waals surface area contributed by atoms with Gasteiger partial charge in [0.2, 0.25) is 0 Å². The minimum absolute atomic E-state index is 0.151. The Labute approximate surface area is 187 Å². The number of nitriles is 1. The molecule has 1 amide bonds. The lowest BCUT2D eigenvalue weighted by molar-refractivity contribution is 0.0987. The highest BCUT2D eigenvalue weighted by atomic mass is 32.2. The van der Waals surface area contributed by atoms with Gasteiger partial charge in [0.05, 0.1) is 24.0 Å². The molecule has 8 heteroatoms. The van der Waals surface area contributed by atoms with E-state index >= 15 is 0 Å². The van der Waals surface area contributed by atoms with Crippen LogP contribution in [0.25, 0.3) is 0 Å². The molecule has 0 unspecified atom stereocenters. The van der Waals surface area contributed by atoms with Gasteiger partial charge in [0, 0.05) is 23.5 Å². The van der Waals surface area contributed by atoms with Crippen molar-refractivity contribution < 1.29 is 17.9 Å². The highest BCUT2D eigenvalue weighted by Gasteiger charge is 2.19. The Balaban J connectivity index is 1.79. The molecule has 3 aromatic rings. The zero-order chi connectivity index (χ0) is 23.0. The first-order chi connectivity index (χ1) is 15.4. The van der Waals surface area contributed by atoms with Gasteiger partial charge in [0.1, 0.15) is 5.75 Å². The molecule has 0 spiro atoms. The van der Waals surface area contributed by atoms with Crippen molar-refractivity contribution in [3.05, 3.63) is 84.4 Å². The van der Waals surface area contributed by atoms with Gasteiger partial charge in [-0.15, -0.1) is 0 Å². The first kappa shape index (κ1) is 22.8. The number of nitrogens with zero attached hydrogens (tertiary/aromatic N) is 2. The number of carbonyl (C=O) groups is 1. The first-order valence-electron chi connectivity index (χ1n) is 10.0. The zero-order valence-corrected chi connectivity index (χ0v) is 18.4. The van der Waals surface area contributed by atoms with E-state index in [0.717, 1.165) is 0 Å². The van der Waals surface area contributed by atoms with Crippen molar-refractivity contribution in [1.29, 1.82) is 5.26 Å². The van der Waals surface area contributed by atoms with Crippen LogP contribution in [0.1, 0.15) is 23.7 Å². The lowest BCUT2D eigenvalue weighted by Gasteiger charge is -2.22. The second-order valence-electron chi connectivity index (χ2n) is 6.79. The Morgan fingerprint density at radius 3 is 2.25 bits per heavy atom. The number of nitrogens with one attached hydrogen (secondary N) is 1. The van der Waals surface area contributed by atoms with Gasteiger partial charge in [0.25, 0.3) is 15.9 Å². The van der Waals surface area contributed by atoms with Crippen LogP contribution in [0.4, 0.5) is 11.4 Å². The maximum absolute atomic E-state index is 13.1. The van der Waals surface area contributed by atoms with E-state index in [0.29, 0.717) is 29.3 Å². The molecule has 0 heterocycles. The minimum Gasteiger partial charge on any atom is -0.494 e. The molecule has 0 fully saturated rings. The van der Waals surface area contributed by atoms with Gasteiger partial charge >= 0.3 is 0 Å². The largest absolute Gasteiger partial charge is 0.494 e. The highest BCUT2D eigenvalue weighted by molar-refractivity contribution is 7.92. The fourth-order valence-corrected chi connectivity index (χ4v) is 4.13. The van der Waals surface area contributed by atoms with Gasteiger partial charge < -0.3 is 9.64 Å². The Kier molecular flexibility index (Phi) is 7.47. The van der Waals surface area contributed by atoms with E-state index in [1.165, 1.54) is 29.2 Å². The molecule has 32 heavy (non-hydrogen) atoms. The van der Waals surface area contributed by atoms with Crippen molar-refractivity contribution in [1.82, 2.24) is 0 Å². The Morgan fingerprint density at radius 2 is 1.66 bits per heavy atom. The maximum atomic E-state index is 13.1. The number of hydrogen-bond acceptors (Lipinski definition) is 5. The number of amides is 1. The molecular formula is C24H23N3O4S. The van der Waals surface area contributed by atoms with Crippen LogP contribution < -0.4 is 14.4 Å². The number of anilines is 2. The number of rotatable bonds is 9. The third-order valence-corrected chi connectivity index (χ3v) is 5.99. The van der Waals surface area contributed by atoms with Gasteiger partial charge in [-0.25, -0.2) is 8.42 Å². The summed E-state index contributed by atoms with van der Waals surface area (Å²) in [6, 6.07) is 23.4. The number of hydrogen-bond donors (Lipinski definition) is 1. The zero-order valence-electron chi connectivity index (χ0n) is 17.6. The van der Waals surface area contributed by atoms with Crippen LogP contribution >= 0.6 is 0 Å². The summed E-state index contributed by atoms with van der Waals surface area (Å²) in [7, 11) is -3.72. The summed E-state index contributed by atoms with van der Waals surface area (Å²) in [5.41, 5.74) is 1.36. The average Bonchev–Trinajstić information content (AvgIpc) is 2.81. The average molecular weight is 450 g/mol. The third kappa shape index (κ3) is 5.65. The molecule has 0 aliphatic heterocycles. The van der Waals surface area contributed by atoms with Crippen LogP contribution in [-0.2, 0) is 10.0 Å². The van der Waals surface area contributed by atoms with Gasteiger partial charge in [0.15, 0.2) is 0 Å². The van der Waals surface area contributed by atoms with Crippen LogP contribution in [0.5, 0.6) is 5.75 Å². The number of ether oxygens (including phenoxy) is 1. The number of sulfonamides is 1. The Morgan fingerprint density at radius 1 is 1.00 bits per heavy atom. The summed E-state index contributed by atoms with van der Waals surface area (Å²) in [6.45, 7) is 2.66. The summed E-state index contributed by atoms with van der Waals surface area (Å²) in [4.78, 5) is 14.8. The smallest absolute Gasteiger partial charge is 0.261 e. The minimum atomic E-state index is -3.72. The number of carbonyl (C=O) groups excluding carboxylic acids is 1. The number of benzene rings is 3. The molecule has 7 nitrogen and oxygen atoms in total. The van der Waals surface area contributed by atoms with Crippen molar-refractivity contribution in [3.8, 4) is 11.8 Å². The molecule has 3 rings (SSSR count). The lowest BCUT2D eigenvalue weighted by Crippen LogP contribution is -2.31. The van der Waals surface area contributed by atoms with E-state index in [1.807, 2.05) is 6.92 Å². The molecule has 0 aliphatic rings. The molecule has 3 aromatic carbocycles. The maximum Gasteiger partial charge on any atom is 0.261 e. The predicted octanol–water partition coefficient (Wildman–Crippen LogP) is 4.45. The van der Waals surface area contributed by atoms with Crippen molar-refractivity contribution in [2.45, 2.75) is 18.2 Å². The molecule has 1 N–H and O–H groups in total. The Hall–Kier alpha value is -3.83. The Bertz CT molecular complexity index is 1190. The van der Waals surface area contributed by atoms with Crippen molar-refractivity contribution in [2.24, 2.45) is 0 Å². The van der Waals surface area contributed by atoms with Gasteiger partial charge in [-0.3, -0.25) is 9.52 Å². The highest BCUT2D eigenvalue weighted by Crippen LogP contribution is 2.23. The van der Waals surface area contributed by atoms with Gasteiger partial charge in [-0.05, 0) is 67.6 Å². The summed E-state index contributed by atoms with van der Waals surface area (Å²) >= 11 is 0. The van der Waals surface area contributed by atoms with E-state index in [4.69, 9.17) is 10.00 Å². The second-order valence-corrected chi connectivity index (χ2v) is 8.47. The summed E-state index contributed by atoms with van der Waals surface area (Å²) in [6.07, 6.45) is 0.175. The van der Waals surface area contributed by atoms with E-state index in [9.17, 15) is 13.2 Å². The molecule has 0 atom stereocenters. The van der Waals surface area contributed by atoms with Crippen LogP contribution in [0, 0.1) is 11.3 Å². The molecule has 0 aliphatic carbocycles. The molecule has 0 radical (unpaired) electrons. The summed E-state index contributed by atoms with van der Waals surface area (Å²) in [5, 5.41) is 8.99. The third-order valence-electron chi connectivity index (χ3n) is 4.59.